The van der Waals surface area contributed by atoms with Crippen molar-refractivity contribution in [2.45, 2.75) is 6.92 Å². The summed E-state index contributed by atoms with van der Waals surface area (Å²) in [6.45, 7) is 2.03. The SMILES string of the molecule is C/C(=C/c1cccc([N+](=O)[O-])c1)c1ccc(-c2ccc(N(c3cccc(-c4ccccc4)c3)c3cccc4ccccc34)cc2)cc1. The van der Waals surface area contributed by atoms with Gasteiger partial charge in [-0.15, -0.1) is 0 Å². The monoisotopic (exact) mass is 608 g/mol. The molecule has 0 spiro atoms. The zero-order valence-corrected chi connectivity index (χ0v) is 26.0. The van der Waals surface area contributed by atoms with E-state index in [2.05, 4.69) is 144 Å². The molecule has 7 aromatic carbocycles. The summed E-state index contributed by atoms with van der Waals surface area (Å²) in [7, 11) is 0. The molecule has 0 amide bonds. The lowest BCUT2D eigenvalue weighted by Gasteiger charge is -2.27. The first-order valence-electron chi connectivity index (χ1n) is 15.6. The van der Waals surface area contributed by atoms with Crippen LogP contribution in [0.1, 0.15) is 18.1 Å². The molecular formula is C43H32N2O2. The zero-order valence-electron chi connectivity index (χ0n) is 26.0. The van der Waals surface area contributed by atoms with E-state index in [0.29, 0.717) is 0 Å². The number of fused-ring (bicyclic) bond motifs is 1. The molecule has 0 aliphatic heterocycles. The third kappa shape index (κ3) is 6.31. The van der Waals surface area contributed by atoms with Gasteiger partial charge < -0.3 is 4.90 Å². The highest BCUT2D eigenvalue weighted by Crippen LogP contribution is 2.40. The average molecular weight is 609 g/mol. The molecule has 0 bridgehead atoms. The van der Waals surface area contributed by atoms with E-state index in [1.54, 1.807) is 12.1 Å². The molecule has 0 radical (unpaired) electrons. The molecule has 0 atom stereocenters. The van der Waals surface area contributed by atoms with E-state index in [9.17, 15) is 10.1 Å². The smallest absolute Gasteiger partial charge is 0.270 e. The van der Waals surface area contributed by atoms with Crippen LogP contribution in [0.2, 0.25) is 0 Å². The van der Waals surface area contributed by atoms with Gasteiger partial charge in [0.1, 0.15) is 0 Å². The van der Waals surface area contributed by atoms with E-state index in [1.165, 1.54) is 28.0 Å². The Bertz CT molecular complexity index is 2220. The molecule has 0 saturated heterocycles. The van der Waals surface area contributed by atoms with Crippen LogP contribution in [0.15, 0.2) is 170 Å². The van der Waals surface area contributed by atoms with Gasteiger partial charge in [-0.1, -0.05) is 133 Å². The standard InChI is InChI=1S/C43H32N2O2/c1-31(28-32-10-7-17-41(29-32)45(46)47)33-20-22-35(23-21-33)36-24-26-39(27-25-36)44(43-19-9-14-37-13-5-6-18-42(37)43)40-16-8-15-38(30-40)34-11-3-2-4-12-34/h2-30H,1H3/b31-28-. The molecule has 0 aliphatic carbocycles. The number of nitrogens with zero attached hydrogens (tertiary/aromatic N) is 2. The van der Waals surface area contributed by atoms with Gasteiger partial charge in [-0.05, 0) is 81.6 Å². The number of hydrogen-bond acceptors (Lipinski definition) is 3. The molecule has 4 nitrogen and oxygen atoms in total. The van der Waals surface area contributed by atoms with E-state index < -0.39 is 0 Å². The summed E-state index contributed by atoms with van der Waals surface area (Å²) in [5.41, 5.74) is 10.9. The minimum absolute atomic E-state index is 0.0910. The van der Waals surface area contributed by atoms with Crippen molar-refractivity contribution in [2.75, 3.05) is 4.90 Å². The van der Waals surface area contributed by atoms with Crippen molar-refractivity contribution in [1.82, 2.24) is 0 Å². The Hall–Kier alpha value is -6.26. The number of allylic oxidation sites excluding steroid dienone is 1. The predicted molar refractivity (Wildman–Crippen MR) is 196 cm³/mol. The van der Waals surface area contributed by atoms with Crippen molar-refractivity contribution < 1.29 is 4.92 Å². The topological polar surface area (TPSA) is 46.4 Å². The number of anilines is 3. The fourth-order valence-corrected chi connectivity index (χ4v) is 6.08. The Kier molecular flexibility index (Phi) is 8.14. The van der Waals surface area contributed by atoms with Crippen molar-refractivity contribution >= 4 is 45.2 Å². The summed E-state index contributed by atoms with van der Waals surface area (Å²) in [4.78, 5) is 13.2. The lowest BCUT2D eigenvalue weighted by molar-refractivity contribution is -0.384. The van der Waals surface area contributed by atoms with Gasteiger partial charge in [0, 0.05) is 28.9 Å². The van der Waals surface area contributed by atoms with Gasteiger partial charge in [-0.25, -0.2) is 0 Å². The van der Waals surface area contributed by atoms with Crippen LogP contribution in [0, 0.1) is 10.1 Å². The first-order chi connectivity index (χ1) is 23.0. The summed E-state index contributed by atoms with van der Waals surface area (Å²) >= 11 is 0. The Balaban J connectivity index is 1.22. The van der Waals surface area contributed by atoms with Crippen LogP contribution in [0.25, 0.3) is 44.7 Å². The van der Waals surface area contributed by atoms with Crippen LogP contribution < -0.4 is 4.90 Å². The third-order valence-corrected chi connectivity index (χ3v) is 8.48. The number of non-ortho nitro benzene ring substituents is 1. The Morgan fingerprint density at radius 3 is 1.96 bits per heavy atom. The molecule has 7 rings (SSSR count). The summed E-state index contributed by atoms with van der Waals surface area (Å²) in [5.74, 6) is 0. The molecule has 0 aromatic heterocycles. The van der Waals surface area contributed by atoms with E-state index >= 15 is 0 Å². The molecule has 0 heterocycles. The molecular weight excluding hydrogens is 576 g/mol. The maximum atomic E-state index is 11.2. The average Bonchev–Trinajstić information content (AvgIpc) is 3.13. The van der Waals surface area contributed by atoms with Crippen LogP contribution in [0.5, 0.6) is 0 Å². The quantitative estimate of drug-likeness (QED) is 0.0979. The Morgan fingerprint density at radius 2 is 1.19 bits per heavy atom. The van der Waals surface area contributed by atoms with Gasteiger partial charge >= 0.3 is 0 Å². The van der Waals surface area contributed by atoms with Crippen LogP contribution in [-0.2, 0) is 0 Å². The highest BCUT2D eigenvalue weighted by atomic mass is 16.6. The summed E-state index contributed by atoms with van der Waals surface area (Å²) < 4.78 is 0. The lowest BCUT2D eigenvalue weighted by Crippen LogP contribution is -2.10. The predicted octanol–water partition coefficient (Wildman–Crippen LogP) is 12.1. The lowest BCUT2D eigenvalue weighted by atomic mass is 9.99. The van der Waals surface area contributed by atoms with Gasteiger partial charge in [-0.3, -0.25) is 10.1 Å². The van der Waals surface area contributed by atoms with Crippen molar-refractivity contribution in [1.29, 1.82) is 0 Å². The Labute approximate surface area is 274 Å². The number of benzene rings is 7. The molecule has 4 heteroatoms. The van der Waals surface area contributed by atoms with E-state index in [-0.39, 0.29) is 10.6 Å². The largest absolute Gasteiger partial charge is 0.310 e. The zero-order chi connectivity index (χ0) is 32.2. The van der Waals surface area contributed by atoms with Crippen molar-refractivity contribution in [3.63, 3.8) is 0 Å². The highest BCUT2D eigenvalue weighted by Gasteiger charge is 2.16. The molecule has 0 saturated carbocycles. The number of nitro groups is 1. The van der Waals surface area contributed by atoms with E-state index in [4.69, 9.17) is 0 Å². The maximum absolute atomic E-state index is 11.2. The number of rotatable bonds is 8. The van der Waals surface area contributed by atoms with Crippen LogP contribution in [0.4, 0.5) is 22.7 Å². The molecule has 0 fully saturated rings. The number of hydrogen-bond donors (Lipinski definition) is 0. The van der Waals surface area contributed by atoms with Crippen LogP contribution >= 0.6 is 0 Å². The van der Waals surface area contributed by atoms with Gasteiger partial charge in [-0.2, -0.15) is 0 Å². The van der Waals surface area contributed by atoms with E-state index in [0.717, 1.165) is 44.9 Å². The van der Waals surface area contributed by atoms with Crippen molar-refractivity contribution in [3.8, 4) is 22.3 Å². The first-order valence-corrected chi connectivity index (χ1v) is 15.6. The van der Waals surface area contributed by atoms with Crippen molar-refractivity contribution in [3.05, 3.63) is 191 Å². The second-order valence-electron chi connectivity index (χ2n) is 11.6. The fourth-order valence-electron chi connectivity index (χ4n) is 6.08. The molecule has 47 heavy (non-hydrogen) atoms. The van der Waals surface area contributed by atoms with Gasteiger partial charge in [0.15, 0.2) is 0 Å². The summed E-state index contributed by atoms with van der Waals surface area (Å²) in [6, 6.07) is 58.1. The molecule has 0 unspecified atom stereocenters. The minimum Gasteiger partial charge on any atom is -0.310 e. The molecule has 226 valence electrons. The summed E-state index contributed by atoms with van der Waals surface area (Å²) in [5, 5.41) is 13.6. The van der Waals surface area contributed by atoms with Gasteiger partial charge in [0.25, 0.3) is 5.69 Å². The Morgan fingerprint density at radius 1 is 0.574 bits per heavy atom. The highest BCUT2D eigenvalue weighted by molar-refractivity contribution is 5.99. The van der Waals surface area contributed by atoms with Crippen LogP contribution in [0.3, 0.4) is 0 Å². The molecule has 0 N–H and O–H groups in total. The molecule has 0 aliphatic rings. The summed E-state index contributed by atoms with van der Waals surface area (Å²) in [6.07, 6.45) is 1.98. The first kappa shape index (κ1) is 29.5. The molecule has 7 aromatic rings. The maximum Gasteiger partial charge on any atom is 0.270 e. The normalized spacial score (nSPS) is 11.4. The fraction of sp³-hybridized carbons (Fsp3) is 0.0233. The second-order valence-corrected chi connectivity index (χ2v) is 11.6. The number of nitro benzene ring substituents is 1. The second kappa shape index (κ2) is 13.0. The minimum atomic E-state index is -0.365. The van der Waals surface area contributed by atoms with Gasteiger partial charge in [0.05, 0.1) is 10.6 Å². The third-order valence-electron chi connectivity index (χ3n) is 8.48. The van der Waals surface area contributed by atoms with E-state index in [1.807, 2.05) is 25.1 Å². The van der Waals surface area contributed by atoms with Gasteiger partial charge in [0.2, 0.25) is 0 Å². The van der Waals surface area contributed by atoms with Crippen molar-refractivity contribution in [2.24, 2.45) is 0 Å². The van der Waals surface area contributed by atoms with Crippen LogP contribution in [-0.4, -0.2) is 4.92 Å².